The second kappa shape index (κ2) is 7.02. The van der Waals surface area contributed by atoms with E-state index in [4.69, 9.17) is 4.74 Å². The van der Waals surface area contributed by atoms with Crippen molar-refractivity contribution < 1.29 is 9.53 Å². The first-order valence-electron chi connectivity index (χ1n) is 7.19. The molecule has 0 fully saturated rings. The minimum atomic E-state index is -0.155. The normalized spacial score (nSPS) is 10.7. The van der Waals surface area contributed by atoms with E-state index in [1.165, 1.54) is 11.3 Å². The lowest BCUT2D eigenvalue weighted by atomic mass is 10.2. The first kappa shape index (κ1) is 15.8. The highest BCUT2D eigenvalue weighted by Crippen LogP contribution is 2.32. The number of carbonyl (C=O) groups is 1. The third-order valence-electron chi connectivity index (χ3n) is 3.23. The van der Waals surface area contributed by atoms with E-state index in [1.54, 1.807) is 17.8 Å². The van der Waals surface area contributed by atoms with Crippen LogP contribution in [0.15, 0.2) is 47.4 Å². The maximum absolute atomic E-state index is 12.4. The van der Waals surface area contributed by atoms with Crippen LogP contribution in [0.3, 0.4) is 0 Å². The highest BCUT2D eigenvalue weighted by atomic mass is 32.2. The van der Waals surface area contributed by atoms with Crippen molar-refractivity contribution in [3.8, 4) is 5.75 Å². The van der Waals surface area contributed by atoms with Crippen molar-refractivity contribution >= 4 is 44.4 Å². The molecular formula is C17H16N2O2S2. The maximum atomic E-state index is 12.4. The molecule has 1 heterocycles. The fourth-order valence-corrected chi connectivity index (χ4v) is 3.52. The van der Waals surface area contributed by atoms with Gasteiger partial charge >= 0.3 is 0 Å². The lowest BCUT2D eigenvalue weighted by molar-refractivity contribution is 0.102. The number of hydrogen-bond acceptors (Lipinski definition) is 5. The molecule has 0 saturated heterocycles. The molecule has 1 amide bonds. The molecule has 0 atom stereocenters. The number of hydrogen-bond donors (Lipinski definition) is 1. The fourth-order valence-electron chi connectivity index (χ4n) is 2.18. The Labute approximate surface area is 142 Å². The van der Waals surface area contributed by atoms with E-state index in [0.717, 1.165) is 20.9 Å². The summed E-state index contributed by atoms with van der Waals surface area (Å²) in [6.07, 6.45) is 1.99. The number of carbonyl (C=O) groups excluding carboxylic acids is 1. The van der Waals surface area contributed by atoms with E-state index in [2.05, 4.69) is 10.3 Å². The van der Waals surface area contributed by atoms with Gasteiger partial charge < -0.3 is 4.74 Å². The van der Waals surface area contributed by atoms with Gasteiger partial charge in [-0.05, 0) is 43.5 Å². The molecule has 1 N–H and O–H groups in total. The quantitative estimate of drug-likeness (QED) is 0.683. The molecule has 2 aromatic carbocycles. The first-order chi connectivity index (χ1) is 11.2. The first-order valence-corrected chi connectivity index (χ1v) is 9.23. The predicted molar refractivity (Wildman–Crippen MR) is 97.0 cm³/mol. The van der Waals surface area contributed by atoms with Crippen molar-refractivity contribution in [2.45, 2.75) is 11.8 Å². The smallest absolute Gasteiger partial charge is 0.257 e. The molecule has 0 bridgehead atoms. The monoisotopic (exact) mass is 344 g/mol. The number of amides is 1. The van der Waals surface area contributed by atoms with E-state index in [9.17, 15) is 4.79 Å². The van der Waals surface area contributed by atoms with Crippen LogP contribution in [-0.4, -0.2) is 23.8 Å². The molecule has 0 saturated carbocycles. The van der Waals surface area contributed by atoms with E-state index >= 15 is 0 Å². The topological polar surface area (TPSA) is 51.2 Å². The Balaban J connectivity index is 1.86. The van der Waals surface area contributed by atoms with Gasteiger partial charge in [-0.1, -0.05) is 23.5 Å². The Kier molecular flexibility index (Phi) is 4.83. The van der Waals surface area contributed by atoms with Crippen molar-refractivity contribution in [1.29, 1.82) is 0 Å². The van der Waals surface area contributed by atoms with Gasteiger partial charge in [-0.3, -0.25) is 10.1 Å². The average Bonchev–Trinajstić information content (AvgIpc) is 2.98. The van der Waals surface area contributed by atoms with Gasteiger partial charge in [-0.15, -0.1) is 11.8 Å². The van der Waals surface area contributed by atoms with Crippen molar-refractivity contribution in [3.63, 3.8) is 0 Å². The summed E-state index contributed by atoms with van der Waals surface area (Å²) in [6, 6.07) is 13.3. The zero-order chi connectivity index (χ0) is 16.2. The Morgan fingerprint density at radius 1 is 1.30 bits per heavy atom. The molecule has 0 aliphatic heterocycles. The number of benzene rings is 2. The number of rotatable bonds is 5. The largest absolute Gasteiger partial charge is 0.492 e. The van der Waals surface area contributed by atoms with Crippen LogP contribution in [0.5, 0.6) is 5.75 Å². The van der Waals surface area contributed by atoms with E-state index < -0.39 is 0 Å². The molecule has 3 aromatic rings. The second-order valence-electron chi connectivity index (χ2n) is 4.74. The molecule has 1 aromatic heterocycles. The lowest BCUT2D eigenvalue weighted by Gasteiger charge is -2.03. The second-order valence-corrected chi connectivity index (χ2v) is 6.65. The Bertz CT molecular complexity index is 845. The van der Waals surface area contributed by atoms with Gasteiger partial charge in [-0.25, -0.2) is 4.98 Å². The summed E-state index contributed by atoms with van der Waals surface area (Å²) < 4.78 is 6.57. The van der Waals surface area contributed by atoms with Gasteiger partial charge in [0.25, 0.3) is 5.91 Å². The van der Waals surface area contributed by atoms with Crippen LogP contribution in [0, 0.1) is 0 Å². The summed E-state index contributed by atoms with van der Waals surface area (Å²) in [7, 11) is 0. The molecular weight excluding hydrogens is 328 g/mol. The van der Waals surface area contributed by atoms with E-state index in [1.807, 2.05) is 49.6 Å². The third-order valence-corrected chi connectivity index (χ3v) is 4.90. The number of nitrogens with one attached hydrogen (secondary N) is 1. The van der Waals surface area contributed by atoms with E-state index in [-0.39, 0.29) is 5.91 Å². The fraction of sp³-hybridized carbons (Fsp3) is 0.176. The highest BCUT2D eigenvalue weighted by Gasteiger charge is 2.12. The van der Waals surface area contributed by atoms with Gasteiger partial charge in [0.15, 0.2) is 5.13 Å². The van der Waals surface area contributed by atoms with Gasteiger partial charge in [0.2, 0.25) is 0 Å². The zero-order valence-electron chi connectivity index (χ0n) is 12.8. The standard InChI is InChI=1S/C17H16N2O2S2/c1-3-21-13-8-5-9-14-15(13)18-17(23-14)19-16(20)11-6-4-7-12(10-11)22-2/h4-10H,3H2,1-2H3,(H,18,19,20). The summed E-state index contributed by atoms with van der Waals surface area (Å²) in [6.45, 7) is 2.52. The molecule has 0 unspecified atom stereocenters. The number of anilines is 1. The summed E-state index contributed by atoms with van der Waals surface area (Å²) in [5.41, 5.74) is 1.41. The lowest BCUT2D eigenvalue weighted by Crippen LogP contribution is -2.11. The highest BCUT2D eigenvalue weighted by molar-refractivity contribution is 7.98. The van der Waals surface area contributed by atoms with Crippen molar-refractivity contribution in [1.82, 2.24) is 4.98 Å². The Morgan fingerprint density at radius 3 is 2.91 bits per heavy atom. The molecule has 0 radical (unpaired) electrons. The minimum Gasteiger partial charge on any atom is -0.492 e. The number of thiazole rings is 1. The van der Waals surface area contributed by atoms with Gasteiger partial charge in [-0.2, -0.15) is 0 Å². The summed E-state index contributed by atoms with van der Waals surface area (Å²) in [5, 5.41) is 3.45. The summed E-state index contributed by atoms with van der Waals surface area (Å²) in [5.74, 6) is 0.587. The number of ether oxygens (including phenoxy) is 1. The number of aromatic nitrogens is 1. The van der Waals surface area contributed by atoms with Crippen molar-refractivity contribution in [2.75, 3.05) is 18.2 Å². The molecule has 0 aliphatic rings. The average molecular weight is 344 g/mol. The molecule has 118 valence electrons. The maximum Gasteiger partial charge on any atom is 0.257 e. The number of para-hydroxylation sites is 1. The van der Waals surface area contributed by atoms with Crippen LogP contribution in [-0.2, 0) is 0 Å². The number of fused-ring (bicyclic) bond motifs is 1. The predicted octanol–water partition coefficient (Wildman–Crippen LogP) is 4.67. The van der Waals surface area contributed by atoms with E-state index in [0.29, 0.717) is 17.3 Å². The summed E-state index contributed by atoms with van der Waals surface area (Å²) >= 11 is 3.05. The zero-order valence-corrected chi connectivity index (χ0v) is 14.5. The van der Waals surface area contributed by atoms with Crippen molar-refractivity contribution in [3.05, 3.63) is 48.0 Å². The molecule has 0 aliphatic carbocycles. The summed E-state index contributed by atoms with van der Waals surface area (Å²) in [4.78, 5) is 17.9. The van der Waals surface area contributed by atoms with Crippen LogP contribution < -0.4 is 10.1 Å². The molecule has 0 spiro atoms. The number of nitrogens with zero attached hydrogens (tertiary/aromatic N) is 1. The van der Waals surface area contributed by atoms with Gasteiger partial charge in [0.05, 0.1) is 11.3 Å². The minimum absolute atomic E-state index is 0.155. The number of thioether (sulfide) groups is 1. The van der Waals surface area contributed by atoms with Crippen LogP contribution >= 0.6 is 23.1 Å². The van der Waals surface area contributed by atoms with Crippen molar-refractivity contribution in [2.24, 2.45) is 0 Å². The molecule has 3 rings (SSSR count). The Morgan fingerprint density at radius 2 is 2.13 bits per heavy atom. The Hall–Kier alpha value is -2.05. The molecule has 4 nitrogen and oxygen atoms in total. The van der Waals surface area contributed by atoms with Gasteiger partial charge in [0.1, 0.15) is 11.3 Å². The van der Waals surface area contributed by atoms with Crippen LogP contribution in [0.2, 0.25) is 0 Å². The molecule has 23 heavy (non-hydrogen) atoms. The third kappa shape index (κ3) is 3.48. The SMILES string of the molecule is CCOc1cccc2sc(NC(=O)c3cccc(SC)c3)nc12. The van der Waals surface area contributed by atoms with Gasteiger partial charge in [0, 0.05) is 10.5 Å². The van der Waals surface area contributed by atoms with Crippen LogP contribution in [0.1, 0.15) is 17.3 Å². The van der Waals surface area contributed by atoms with Crippen LogP contribution in [0.4, 0.5) is 5.13 Å². The molecule has 6 heteroatoms. The van der Waals surface area contributed by atoms with Crippen LogP contribution in [0.25, 0.3) is 10.2 Å².